The van der Waals surface area contributed by atoms with Gasteiger partial charge in [0.2, 0.25) is 0 Å². The highest BCUT2D eigenvalue weighted by atomic mass is 35.5. The molecule has 6 heteroatoms. The maximum atomic E-state index is 6.29. The molecule has 1 aromatic carbocycles. The quantitative estimate of drug-likeness (QED) is 0.921. The zero-order valence-electron chi connectivity index (χ0n) is 12.3. The largest absolute Gasteiger partial charge is 0.307 e. The Kier molecular flexibility index (Phi) is 4.73. The van der Waals surface area contributed by atoms with Crippen molar-refractivity contribution in [3.8, 4) is 5.69 Å². The van der Waals surface area contributed by atoms with Gasteiger partial charge < -0.3 is 5.32 Å². The van der Waals surface area contributed by atoms with E-state index in [1.165, 1.54) is 0 Å². The van der Waals surface area contributed by atoms with E-state index in [0.717, 1.165) is 23.6 Å². The van der Waals surface area contributed by atoms with Crippen molar-refractivity contribution in [3.05, 3.63) is 34.6 Å². The highest BCUT2D eigenvalue weighted by molar-refractivity contribution is 6.32. The molecule has 0 saturated heterocycles. The minimum absolute atomic E-state index is 0.0584. The van der Waals surface area contributed by atoms with Crippen LogP contribution in [0.3, 0.4) is 0 Å². The predicted molar refractivity (Wildman–Crippen MR) is 80.2 cm³/mol. The number of aromatic nitrogens is 4. The van der Waals surface area contributed by atoms with Gasteiger partial charge in [-0.2, -0.15) is 4.68 Å². The second-order valence-electron chi connectivity index (χ2n) is 5.38. The van der Waals surface area contributed by atoms with Gasteiger partial charge in [-0.1, -0.05) is 37.6 Å². The van der Waals surface area contributed by atoms with Crippen molar-refractivity contribution in [2.75, 3.05) is 6.54 Å². The maximum Gasteiger partial charge on any atom is 0.173 e. The third-order valence-corrected chi connectivity index (χ3v) is 3.42. The second-order valence-corrected chi connectivity index (χ2v) is 5.79. The number of rotatable bonds is 5. The Labute approximate surface area is 124 Å². The average Bonchev–Trinajstić information content (AvgIpc) is 2.85. The predicted octanol–water partition coefficient (Wildman–Crippen LogP) is 2.93. The fourth-order valence-electron chi connectivity index (χ4n) is 2.02. The molecule has 0 aliphatic heterocycles. The Bertz CT molecular complexity index is 558. The number of hydrogen-bond acceptors (Lipinski definition) is 4. The van der Waals surface area contributed by atoms with E-state index >= 15 is 0 Å². The van der Waals surface area contributed by atoms with Gasteiger partial charge in [0.05, 0.1) is 16.8 Å². The van der Waals surface area contributed by atoms with Crippen LogP contribution in [0, 0.1) is 12.8 Å². The van der Waals surface area contributed by atoms with E-state index in [9.17, 15) is 0 Å². The third-order valence-electron chi connectivity index (χ3n) is 3.11. The minimum atomic E-state index is 0.0584. The van der Waals surface area contributed by atoms with E-state index in [1.54, 1.807) is 4.68 Å². The molecule has 0 spiro atoms. The lowest BCUT2D eigenvalue weighted by atomic mass is 10.2. The van der Waals surface area contributed by atoms with Crippen LogP contribution in [0.4, 0.5) is 0 Å². The lowest BCUT2D eigenvalue weighted by Crippen LogP contribution is -2.26. The van der Waals surface area contributed by atoms with Crippen molar-refractivity contribution in [1.29, 1.82) is 0 Å². The SMILES string of the molecule is Cc1cccc(Cl)c1-n1nnnc1C(C)NCC(C)C. The van der Waals surface area contributed by atoms with Gasteiger partial charge in [-0.15, -0.1) is 5.10 Å². The molecule has 0 fully saturated rings. The number of nitrogens with zero attached hydrogens (tertiary/aromatic N) is 4. The third kappa shape index (κ3) is 3.16. The van der Waals surface area contributed by atoms with Crippen LogP contribution < -0.4 is 5.32 Å². The molecule has 0 amide bonds. The molecule has 5 nitrogen and oxygen atoms in total. The maximum absolute atomic E-state index is 6.29. The standard InChI is InChI=1S/C14H20ClN5/c1-9(2)8-16-11(4)14-17-18-19-20(14)13-10(3)6-5-7-12(13)15/h5-7,9,11,16H,8H2,1-4H3. The summed E-state index contributed by atoms with van der Waals surface area (Å²) in [7, 11) is 0. The molecule has 0 aliphatic carbocycles. The van der Waals surface area contributed by atoms with Crippen LogP contribution in [0.25, 0.3) is 5.69 Å². The van der Waals surface area contributed by atoms with E-state index in [2.05, 4.69) is 41.6 Å². The summed E-state index contributed by atoms with van der Waals surface area (Å²) in [6.07, 6.45) is 0. The van der Waals surface area contributed by atoms with Crippen molar-refractivity contribution in [1.82, 2.24) is 25.5 Å². The van der Waals surface area contributed by atoms with Crippen LogP contribution >= 0.6 is 11.6 Å². The lowest BCUT2D eigenvalue weighted by Gasteiger charge is -2.16. The summed E-state index contributed by atoms with van der Waals surface area (Å²) in [5.41, 5.74) is 1.88. The molecule has 1 atom stereocenters. The smallest absolute Gasteiger partial charge is 0.173 e. The molecule has 1 N–H and O–H groups in total. The molecule has 0 bridgehead atoms. The van der Waals surface area contributed by atoms with Crippen molar-refractivity contribution in [2.24, 2.45) is 5.92 Å². The fourth-order valence-corrected chi connectivity index (χ4v) is 2.32. The summed E-state index contributed by atoms with van der Waals surface area (Å²) >= 11 is 6.29. The highest BCUT2D eigenvalue weighted by Gasteiger charge is 2.18. The van der Waals surface area contributed by atoms with E-state index in [0.29, 0.717) is 10.9 Å². The van der Waals surface area contributed by atoms with Gasteiger partial charge in [-0.3, -0.25) is 0 Å². The number of hydrogen-bond donors (Lipinski definition) is 1. The zero-order chi connectivity index (χ0) is 14.7. The Balaban J connectivity index is 2.33. The Hall–Kier alpha value is -1.46. The summed E-state index contributed by atoms with van der Waals surface area (Å²) in [4.78, 5) is 0. The van der Waals surface area contributed by atoms with Crippen LogP contribution in [0.5, 0.6) is 0 Å². The molecule has 0 aliphatic rings. The number of para-hydroxylation sites is 1. The van der Waals surface area contributed by atoms with Gasteiger partial charge in [0, 0.05) is 0 Å². The normalized spacial score (nSPS) is 12.9. The van der Waals surface area contributed by atoms with Gasteiger partial charge in [-0.05, 0) is 48.4 Å². The summed E-state index contributed by atoms with van der Waals surface area (Å²) < 4.78 is 1.72. The molecule has 108 valence electrons. The van der Waals surface area contributed by atoms with Gasteiger partial charge in [0.1, 0.15) is 0 Å². The molecule has 1 heterocycles. The number of halogens is 1. The van der Waals surface area contributed by atoms with E-state index < -0.39 is 0 Å². The van der Waals surface area contributed by atoms with E-state index in [-0.39, 0.29) is 6.04 Å². The average molecular weight is 294 g/mol. The van der Waals surface area contributed by atoms with Crippen molar-refractivity contribution in [3.63, 3.8) is 0 Å². The van der Waals surface area contributed by atoms with Crippen LogP contribution in [0.2, 0.25) is 5.02 Å². The minimum Gasteiger partial charge on any atom is -0.307 e. The molecule has 2 aromatic rings. The molecule has 0 saturated carbocycles. The van der Waals surface area contributed by atoms with Gasteiger partial charge in [0.15, 0.2) is 5.82 Å². The van der Waals surface area contributed by atoms with Crippen molar-refractivity contribution >= 4 is 11.6 Å². The first-order chi connectivity index (χ1) is 9.50. The van der Waals surface area contributed by atoms with Crippen LogP contribution in [0.15, 0.2) is 18.2 Å². The van der Waals surface area contributed by atoms with Gasteiger partial charge in [-0.25, -0.2) is 0 Å². The van der Waals surface area contributed by atoms with Gasteiger partial charge in [0.25, 0.3) is 0 Å². The number of nitrogens with one attached hydrogen (secondary N) is 1. The molecule has 1 unspecified atom stereocenters. The fraction of sp³-hybridized carbons (Fsp3) is 0.500. The number of benzene rings is 1. The first kappa shape index (κ1) is 14.9. The Morgan fingerprint density at radius 2 is 2.05 bits per heavy atom. The molecular weight excluding hydrogens is 274 g/mol. The first-order valence-corrected chi connectivity index (χ1v) is 7.15. The lowest BCUT2D eigenvalue weighted by molar-refractivity contribution is 0.475. The van der Waals surface area contributed by atoms with Gasteiger partial charge >= 0.3 is 0 Å². The number of aryl methyl sites for hydroxylation is 1. The first-order valence-electron chi connectivity index (χ1n) is 6.78. The van der Waals surface area contributed by atoms with Crippen molar-refractivity contribution in [2.45, 2.75) is 33.7 Å². The summed E-state index contributed by atoms with van der Waals surface area (Å²) in [6, 6.07) is 5.83. The second kappa shape index (κ2) is 6.33. The molecule has 20 heavy (non-hydrogen) atoms. The Morgan fingerprint density at radius 3 is 2.70 bits per heavy atom. The van der Waals surface area contributed by atoms with E-state index in [4.69, 9.17) is 11.6 Å². The molecular formula is C14H20ClN5. The Morgan fingerprint density at radius 1 is 1.30 bits per heavy atom. The summed E-state index contributed by atoms with van der Waals surface area (Å²) in [5.74, 6) is 1.34. The van der Waals surface area contributed by atoms with Crippen LogP contribution in [-0.2, 0) is 0 Å². The summed E-state index contributed by atoms with van der Waals surface area (Å²) in [6.45, 7) is 9.30. The molecule has 1 aromatic heterocycles. The molecule has 0 radical (unpaired) electrons. The van der Waals surface area contributed by atoms with Crippen molar-refractivity contribution < 1.29 is 0 Å². The highest BCUT2D eigenvalue weighted by Crippen LogP contribution is 2.25. The van der Waals surface area contributed by atoms with E-state index in [1.807, 2.05) is 25.1 Å². The zero-order valence-corrected chi connectivity index (χ0v) is 13.0. The summed E-state index contributed by atoms with van der Waals surface area (Å²) in [5, 5.41) is 16.1. The molecule has 2 rings (SSSR count). The number of tetrazole rings is 1. The monoisotopic (exact) mass is 293 g/mol. The topological polar surface area (TPSA) is 55.6 Å². The van der Waals surface area contributed by atoms with Crippen LogP contribution in [0.1, 0.15) is 38.2 Å². The van der Waals surface area contributed by atoms with Crippen LogP contribution in [-0.4, -0.2) is 26.8 Å².